The zero-order valence-electron chi connectivity index (χ0n) is 16.4. The minimum atomic E-state index is 0.133. The highest BCUT2D eigenvalue weighted by Gasteiger charge is 2.29. The van der Waals surface area contributed by atoms with Gasteiger partial charge in [0.05, 0.1) is 6.42 Å². The van der Waals surface area contributed by atoms with E-state index in [1.54, 1.807) is 0 Å². The molecule has 1 heterocycles. The van der Waals surface area contributed by atoms with Gasteiger partial charge >= 0.3 is 0 Å². The molecule has 2 aliphatic rings. The Morgan fingerprint density at radius 3 is 2.36 bits per heavy atom. The number of nitrogens with zero attached hydrogens (tertiary/aromatic N) is 2. The van der Waals surface area contributed by atoms with Crippen LogP contribution in [0, 0.1) is 12.8 Å². The second-order valence-electron chi connectivity index (χ2n) is 7.84. The fraction of sp³-hybridized carbons (Fsp3) is 0.391. The molecule has 0 unspecified atom stereocenters. The molecular formula is C23H27N3O2. The fourth-order valence-corrected chi connectivity index (χ4v) is 3.67. The standard InChI is InChI=1S/C23H27N3O2/c1-17-3-2-4-18(15-17)16-22(27)26-13-11-25(12-14-26)21-9-7-20(8-10-21)24-23(28)19-5-6-19/h2-4,7-10,15,19H,5-6,11-14,16H2,1H3,(H,24,28). The van der Waals surface area contributed by atoms with Crippen LogP contribution in [0.25, 0.3) is 0 Å². The summed E-state index contributed by atoms with van der Waals surface area (Å²) in [4.78, 5) is 28.7. The van der Waals surface area contributed by atoms with E-state index in [2.05, 4.69) is 29.3 Å². The minimum Gasteiger partial charge on any atom is -0.368 e. The Balaban J connectivity index is 1.28. The number of carbonyl (C=O) groups is 2. The third-order valence-electron chi connectivity index (χ3n) is 5.52. The average molecular weight is 377 g/mol. The Morgan fingerprint density at radius 1 is 1.00 bits per heavy atom. The molecule has 2 aromatic carbocycles. The van der Waals surface area contributed by atoms with E-state index in [1.807, 2.05) is 41.3 Å². The monoisotopic (exact) mass is 377 g/mol. The van der Waals surface area contributed by atoms with Gasteiger partial charge in [-0.3, -0.25) is 9.59 Å². The van der Waals surface area contributed by atoms with E-state index >= 15 is 0 Å². The maximum atomic E-state index is 12.6. The summed E-state index contributed by atoms with van der Waals surface area (Å²) >= 11 is 0. The lowest BCUT2D eigenvalue weighted by molar-refractivity contribution is -0.130. The molecule has 4 rings (SSSR count). The van der Waals surface area contributed by atoms with Crippen LogP contribution >= 0.6 is 0 Å². The zero-order valence-corrected chi connectivity index (χ0v) is 16.4. The van der Waals surface area contributed by atoms with Crippen molar-refractivity contribution in [1.29, 1.82) is 0 Å². The lowest BCUT2D eigenvalue weighted by Gasteiger charge is -2.36. The van der Waals surface area contributed by atoms with Crippen molar-refractivity contribution in [3.8, 4) is 0 Å². The molecule has 28 heavy (non-hydrogen) atoms. The molecule has 0 bridgehead atoms. The highest BCUT2D eigenvalue weighted by atomic mass is 16.2. The summed E-state index contributed by atoms with van der Waals surface area (Å²) < 4.78 is 0. The lowest BCUT2D eigenvalue weighted by atomic mass is 10.1. The summed E-state index contributed by atoms with van der Waals surface area (Å²) in [7, 11) is 0. The van der Waals surface area contributed by atoms with E-state index < -0.39 is 0 Å². The minimum absolute atomic E-state index is 0.133. The van der Waals surface area contributed by atoms with Crippen LogP contribution in [-0.4, -0.2) is 42.9 Å². The summed E-state index contributed by atoms with van der Waals surface area (Å²) in [6, 6.07) is 16.2. The molecule has 5 heteroatoms. The maximum Gasteiger partial charge on any atom is 0.227 e. The van der Waals surface area contributed by atoms with Crippen molar-refractivity contribution in [2.24, 2.45) is 5.92 Å². The van der Waals surface area contributed by atoms with Crippen molar-refractivity contribution < 1.29 is 9.59 Å². The van der Waals surface area contributed by atoms with Crippen LogP contribution in [0.3, 0.4) is 0 Å². The molecule has 1 saturated heterocycles. The number of hydrogen-bond donors (Lipinski definition) is 1. The average Bonchev–Trinajstić information content (AvgIpc) is 3.54. The van der Waals surface area contributed by atoms with Gasteiger partial charge in [-0.25, -0.2) is 0 Å². The number of hydrogen-bond acceptors (Lipinski definition) is 3. The van der Waals surface area contributed by atoms with Crippen molar-refractivity contribution in [2.45, 2.75) is 26.2 Å². The molecular weight excluding hydrogens is 350 g/mol. The van der Waals surface area contributed by atoms with Crippen molar-refractivity contribution in [1.82, 2.24) is 4.90 Å². The number of nitrogens with one attached hydrogen (secondary N) is 1. The molecule has 2 fully saturated rings. The molecule has 0 radical (unpaired) electrons. The van der Waals surface area contributed by atoms with E-state index in [-0.39, 0.29) is 17.7 Å². The third kappa shape index (κ3) is 4.53. The van der Waals surface area contributed by atoms with Crippen LogP contribution < -0.4 is 10.2 Å². The first kappa shape index (κ1) is 18.5. The van der Waals surface area contributed by atoms with E-state index in [1.165, 1.54) is 5.56 Å². The Labute approximate surface area is 166 Å². The van der Waals surface area contributed by atoms with Crippen LogP contribution in [0.15, 0.2) is 48.5 Å². The summed E-state index contributed by atoms with van der Waals surface area (Å²) in [5.41, 5.74) is 4.26. The van der Waals surface area contributed by atoms with Gasteiger partial charge in [0.15, 0.2) is 0 Å². The maximum absolute atomic E-state index is 12.6. The molecule has 5 nitrogen and oxygen atoms in total. The first-order valence-corrected chi connectivity index (χ1v) is 10.1. The van der Waals surface area contributed by atoms with Crippen LogP contribution in [0.2, 0.25) is 0 Å². The van der Waals surface area contributed by atoms with Crippen LogP contribution in [0.4, 0.5) is 11.4 Å². The Hall–Kier alpha value is -2.82. The predicted molar refractivity (Wildman–Crippen MR) is 111 cm³/mol. The number of piperazine rings is 1. The van der Waals surface area contributed by atoms with E-state index in [0.29, 0.717) is 6.42 Å². The summed E-state index contributed by atoms with van der Waals surface area (Å²) in [5, 5.41) is 2.97. The quantitative estimate of drug-likeness (QED) is 0.870. The lowest BCUT2D eigenvalue weighted by Crippen LogP contribution is -2.49. The summed E-state index contributed by atoms with van der Waals surface area (Å²) in [5.74, 6) is 0.543. The number of carbonyl (C=O) groups excluding carboxylic acids is 2. The highest BCUT2D eigenvalue weighted by molar-refractivity contribution is 5.94. The highest BCUT2D eigenvalue weighted by Crippen LogP contribution is 2.30. The van der Waals surface area contributed by atoms with Crippen molar-refractivity contribution in [3.05, 3.63) is 59.7 Å². The molecule has 2 amide bonds. The van der Waals surface area contributed by atoms with Gasteiger partial charge in [0.25, 0.3) is 0 Å². The number of amides is 2. The Bertz CT molecular complexity index is 850. The Morgan fingerprint density at radius 2 is 1.71 bits per heavy atom. The van der Waals surface area contributed by atoms with E-state index in [4.69, 9.17) is 0 Å². The molecule has 0 spiro atoms. The number of aryl methyl sites for hydroxylation is 1. The van der Waals surface area contributed by atoms with Crippen molar-refractivity contribution >= 4 is 23.2 Å². The van der Waals surface area contributed by atoms with Crippen LogP contribution in [0.5, 0.6) is 0 Å². The first-order valence-electron chi connectivity index (χ1n) is 10.1. The SMILES string of the molecule is Cc1cccc(CC(=O)N2CCN(c3ccc(NC(=O)C4CC4)cc3)CC2)c1. The summed E-state index contributed by atoms with van der Waals surface area (Å²) in [6.45, 7) is 5.19. The van der Waals surface area contributed by atoms with Gasteiger partial charge in [-0.05, 0) is 49.6 Å². The van der Waals surface area contributed by atoms with Gasteiger partial charge in [-0.2, -0.15) is 0 Å². The number of anilines is 2. The van der Waals surface area contributed by atoms with Crippen molar-refractivity contribution in [3.63, 3.8) is 0 Å². The number of rotatable bonds is 5. The molecule has 1 aliphatic heterocycles. The molecule has 1 saturated carbocycles. The topological polar surface area (TPSA) is 52.7 Å². The second-order valence-corrected chi connectivity index (χ2v) is 7.84. The normalized spacial score (nSPS) is 16.8. The predicted octanol–water partition coefficient (Wildman–Crippen LogP) is 3.23. The first-order chi connectivity index (χ1) is 13.6. The summed E-state index contributed by atoms with van der Waals surface area (Å²) in [6.07, 6.45) is 2.49. The van der Waals surface area contributed by atoms with Gasteiger partial charge in [0.2, 0.25) is 11.8 Å². The van der Waals surface area contributed by atoms with Gasteiger partial charge in [-0.1, -0.05) is 29.8 Å². The van der Waals surface area contributed by atoms with Gasteiger partial charge in [0, 0.05) is 43.5 Å². The Kier molecular flexibility index (Phi) is 5.33. The zero-order chi connectivity index (χ0) is 19.5. The molecule has 1 aliphatic carbocycles. The van der Waals surface area contributed by atoms with E-state index in [9.17, 15) is 9.59 Å². The van der Waals surface area contributed by atoms with E-state index in [0.717, 1.165) is 56.0 Å². The van der Waals surface area contributed by atoms with Crippen LogP contribution in [0.1, 0.15) is 24.0 Å². The third-order valence-corrected chi connectivity index (χ3v) is 5.52. The molecule has 0 atom stereocenters. The van der Waals surface area contributed by atoms with Gasteiger partial charge in [0.1, 0.15) is 0 Å². The molecule has 0 aromatic heterocycles. The van der Waals surface area contributed by atoms with Gasteiger partial charge < -0.3 is 15.1 Å². The second kappa shape index (κ2) is 8.05. The van der Waals surface area contributed by atoms with Gasteiger partial charge in [-0.15, -0.1) is 0 Å². The number of benzene rings is 2. The molecule has 2 aromatic rings. The fourth-order valence-electron chi connectivity index (χ4n) is 3.67. The van der Waals surface area contributed by atoms with Crippen molar-refractivity contribution in [2.75, 3.05) is 36.4 Å². The largest absolute Gasteiger partial charge is 0.368 e. The molecule has 146 valence electrons. The smallest absolute Gasteiger partial charge is 0.227 e. The van der Waals surface area contributed by atoms with Crippen LogP contribution in [-0.2, 0) is 16.0 Å². The molecule has 1 N–H and O–H groups in total.